The van der Waals surface area contributed by atoms with Gasteiger partial charge in [0.25, 0.3) is 0 Å². The number of hydrogen-bond acceptors (Lipinski definition) is 2. The molecule has 1 aromatic carbocycles. The molecule has 1 aliphatic rings. The van der Waals surface area contributed by atoms with E-state index in [-0.39, 0.29) is 16.8 Å². The van der Waals surface area contributed by atoms with Gasteiger partial charge in [-0.2, -0.15) is 0 Å². The first-order valence-electron chi connectivity index (χ1n) is 6.85. The van der Waals surface area contributed by atoms with E-state index < -0.39 is 0 Å². The first-order chi connectivity index (χ1) is 9.11. The van der Waals surface area contributed by atoms with Crippen molar-refractivity contribution in [1.29, 1.82) is 0 Å². The number of fused-ring (bicyclic) bond motifs is 1. The molecule has 1 heterocycles. The van der Waals surface area contributed by atoms with Crippen molar-refractivity contribution in [2.24, 2.45) is 0 Å². The van der Waals surface area contributed by atoms with Gasteiger partial charge < -0.3 is 10.1 Å². The van der Waals surface area contributed by atoms with Gasteiger partial charge in [0.15, 0.2) is 0 Å². The quantitative estimate of drug-likeness (QED) is 0.834. The van der Waals surface area contributed by atoms with Crippen molar-refractivity contribution in [3.05, 3.63) is 23.8 Å². The molecule has 104 valence electrons. The average Bonchev–Trinajstić information content (AvgIpc) is 2.77. The van der Waals surface area contributed by atoms with E-state index in [2.05, 4.69) is 34.2 Å². The summed E-state index contributed by atoms with van der Waals surface area (Å²) >= 11 is 3.44. The van der Waals surface area contributed by atoms with Crippen molar-refractivity contribution in [1.82, 2.24) is 0 Å². The van der Waals surface area contributed by atoms with E-state index in [0.717, 1.165) is 37.1 Å². The zero-order chi connectivity index (χ0) is 13.8. The van der Waals surface area contributed by atoms with Crippen LogP contribution >= 0.6 is 15.9 Å². The molecule has 19 heavy (non-hydrogen) atoms. The number of hydrogen-bond donors (Lipinski definition) is 1. The van der Waals surface area contributed by atoms with Gasteiger partial charge in [0, 0.05) is 6.42 Å². The Labute approximate surface area is 122 Å². The van der Waals surface area contributed by atoms with Gasteiger partial charge in [-0.05, 0) is 25.0 Å². The van der Waals surface area contributed by atoms with Crippen molar-refractivity contribution in [3.8, 4) is 5.75 Å². The number of benzene rings is 1. The Balaban J connectivity index is 2.04. The SMILES string of the molecule is CCCCC(Br)C(=O)Nc1cccc2c1OC(C)C2. The van der Waals surface area contributed by atoms with Crippen LogP contribution in [0.15, 0.2) is 18.2 Å². The second-order valence-corrected chi connectivity index (χ2v) is 6.13. The van der Waals surface area contributed by atoms with Crippen molar-refractivity contribution < 1.29 is 9.53 Å². The van der Waals surface area contributed by atoms with E-state index >= 15 is 0 Å². The fourth-order valence-electron chi connectivity index (χ4n) is 2.26. The summed E-state index contributed by atoms with van der Waals surface area (Å²) in [6.07, 6.45) is 4.09. The first-order valence-corrected chi connectivity index (χ1v) is 7.77. The van der Waals surface area contributed by atoms with Gasteiger partial charge in [0.1, 0.15) is 11.9 Å². The van der Waals surface area contributed by atoms with E-state index in [1.165, 1.54) is 5.56 Å². The molecule has 1 amide bonds. The number of para-hydroxylation sites is 1. The Morgan fingerprint density at radius 3 is 3.11 bits per heavy atom. The third-order valence-electron chi connectivity index (χ3n) is 3.28. The van der Waals surface area contributed by atoms with Gasteiger partial charge in [0.2, 0.25) is 5.91 Å². The van der Waals surface area contributed by atoms with Crippen LogP contribution in [0.3, 0.4) is 0 Å². The Kier molecular flexibility index (Phi) is 4.86. The molecule has 0 saturated carbocycles. The highest BCUT2D eigenvalue weighted by atomic mass is 79.9. The lowest BCUT2D eigenvalue weighted by Gasteiger charge is -2.13. The summed E-state index contributed by atoms with van der Waals surface area (Å²) in [5.41, 5.74) is 1.96. The van der Waals surface area contributed by atoms with Crippen LogP contribution in [0, 0.1) is 0 Å². The molecule has 0 bridgehead atoms. The predicted octanol–water partition coefficient (Wildman–Crippen LogP) is 3.90. The zero-order valence-electron chi connectivity index (χ0n) is 11.4. The first kappa shape index (κ1) is 14.4. The highest BCUT2D eigenvalue weighted by molar-refractivity contribution is 9.10. The monoisotopic (exact) mass is 325 g/mol. The highest BCUT2D eigenvalue weighted by Gasteiger charge is 2.23. The minimum atomic E-state index is -0.137. The van der Waals surface area contributed by atoms with Crippen LogP contribution in [0.2, 0.25) is 0 Å². The average molecular weight is 326 g/mol. The molecule has 3 nitrogen and oxygen atoms in total. The van der Waals surface area contributed by atoms with Crippen LogP contribution in [-0.4, -0.2) is 16.8 Å². The van der Waals surface area contributed by atoms with Gasteiger partial charge in [-0.3, -0.25) is 4.79 Å². The normalized spacial score (nSPS) is 18.6. The molecular formula is C15H20BrNO2. The van der Waals surface area contributed by atoms with Gasteiger partial charge in [-0.1, -0.05) is 47.8 Å². The summed E-state index contributed by atoms with van der Waals surface area (Å²) in [4.78, 5) is 11.9. The van der Waals surface area contributed by atoms with E-state index in [9.17, 15) is 4.79 Å². The standard InChI is InChI=1S/C15H20BrNO2/c1-3-4-7-12(16)15(18)17-13-8-5-6-11-9-10(2)19-14(11)13/h5-6,8,10,12H,3-4,7,9H2,1-2H3,(H,17,18). The summed E-state index contributed by atoms with van der Waals surface area (Å²) in [7, 11) is 0. The number of alkyl halides is 1. The number of nitrogens with one attached hydrogen (secondary N) is 1. The van der Waals surface area contributed by atoms with Gasteiger partial charge in [-0.15, -0.1) is 0 Å². The Bertz CT molecular complexity index is 461. The predicted molar refractivity (Wildman–Crippen MR) is 81.1 cm³/mol. The highest BCUT2D eigenvalue weighted by Crippen LogP contribution is 2.36. The van der Waals surface area contributed by atoms with Crippen LogP contribution in [0.25, 0.3) is 0 Å². The fraction of sp³-hybridized carbons (Fsp3) is 0.533. The van der Waals surface area contributed by atoms with Gasteiger partial charge in [0.05, 0.1) is 10.5 Å². The van der Waals surface area contributed by atoms with Crippen LogP contribution < -0.4 is 10.1 Å². The van der Waals surface area contributed by atoms with Crippen molar-refractivity contribution in [3.63, 3.8) is 0 Å². The Morgan fingerprint density at radius 1 is 1.58 bits per heavy atom. The van der Waals surface area contributed by atoms with Crippen LogP contribution in [0.5, 0.6) is 5.75 Å². The number of halogens is 1. The second-order valence-electron chi connectivity index (χ2n) is 5.03. The lowest BCUT2D eigenvalue weighted by atomic mass is 10.1. The van der Waals surface area contributed by atoms with Crippen LogP contribution in [0.4, 0.5) is 5.69 Å². The van der Waals surface area contributed by atoms with Crippen LogP contribution in [-0.2, 0) is 11.2 Å². The van der Waals surface area contributed by atoms with E-state index in [1.807, 2.05) is 19.1 Å². The third-order valence-corrected chi connectivity index (χ3v) is 4.15. The molecule has 0 fully saturated rings. The molecule has 0 saturated heterocycles. The molecule has 2 unspecified atom stereocenters. The van der Waals surface area contributed by atoms with Gasteiger partial charge >= 0.3 is 0 Å². The number of rotatable bonds is 5. The molecule has 1 aliphatic heterocycles. The summed E-state index contributed by atoms with van der Waals surface area (Å²) in [5.74, 6) is 0.837. The third kappa shape index (κ3) is 3.50. The molecule has 0 radical (unpaired) electrons. The molecule has 2 atom stereocenters. The number of carbonyl (C=O) groups is 1. The summed E-state index contributed by atoms with van der Waals surface area (Å²) < 4.78 is 5.77. The molecular weight excluding hydrogens is 306 g/mol. The van der Waals surface area contributed by atoms with E-state index in [4.69, 9.17) is 4.74 Å². The fourth-order valence-corrected chi connectivity index (χ4v) is 2.70. The number of unbranched alkanes of at least 4 members (excludes halogenated alkanes) is 1. The molecule has 2 rings (SSSR count). The minimum Gasteiger partial charge on any atom is -0.488 e. The second kappa shape index (κ2) is 6.42. The lowest BCUT2D eigenvalue weighted by molar-refractivity contribution is -0.115. The van der Waals surface area contributed by atoms with E-state index in [1.54, 1.807) is 0 Å². The number of amides is 1. The summed E-state index contributed by atoms with van der Waals surface area (Å²) in [6, 6.07) is 5.91. The Hall–Kier alpha value is -1.03. The maximum atomic E-state index is 12.1. The molecule has 1 aromatic rings. The molecule has 0 aliphatic carbocycles. The number of anilines is 1. The molecule has 0 aromatic heterocycles. The number of ether oxygens (including phenoxy) is 1. The molecule has 4 heteroatoms. The summed E-state index contributed by atoms with van der Waals surface area (Å²) in [5, 5.41) is 2.96. The summed E-state index contributed by atoms with van der Waals surface area (Å²) in [6.45, 7) is 4.16. The lowest BCUT2D eigenvalue weighted by Crippen LogP contribution is -2.23. The topological polar surface area (TPSA) is 38.3 Å². The molecule has 0 spiro atoms. The Morgan fingerprint density at radius 2 is 2.37 bits per heavy atom. The smallest absolute Gasteiger partial charge is 0.238 e. The van der Waals surface area contributed by atoms with Crippen molar-refractivity contribution in [2.45, 2.75) is 50.5 Å². The van der Waals surface area contributed by atoms with Crippen LogP contribution in [0.1, 0.15) is 38.7 Å². The largest absolute Gasteiger partial charge is 0.488 e. The van der Waals surface area contributed by atoms with Gasteiger partial charge in [-0.25, -0.2) is 0 Å². The van der Waals surface area contributed by atoms with E-state index in [0.29, 0.717) is 0 Å². The maximum absolute atomic E-state index is 12.1. The minimum absolute atomic E-state index is 0.00463. The maximum Gasteiger partial charge on any atom is 0.238 e. The van der Waals surface area contributed by atoms with Crippen molar-refractivity contribution >= 4 is 27.5 Å². The zero-order valence-corrected chi connectivity index (χ0v) is 13.0. The number of carbonyl (C=O) groups excluding carboxylic acids is 1. The van der Waals surface area contributed by atoms with Crippen molar-refractivity contribution in [2.75, 3.05) is 5.32 Å². The molecule has 1 N–H and O–H groups in total.